The predicted octanol–water partition coefficient (Wildman–Crippen LogP) is 0.275. The molecule has 0 aromatic heterocycles. The van der Waals surface area contributed by atoms with E-state index in [0.29, 0.717) is 6.54 Å². The summed E-state index contributed by atoms with van der Waals surface area (Å²) in [4.78, 5) is 16.2. The smallest absolute Gasteiger partial charge is 0.241 e. The van der Waals surface area contributed by atoms with Gasteiger partial charge in [-0.15, -0.1) is 0 Å². The maximum atomic E-state index is 12.2. The minimum atomic E-state index is -0.152. The van der Waals surface area contributed by atoms with Crippen LogP contribution in [0.15, 0.2) is 0 Å². The lowest BCUT2D eigenvalue weighted by Crippen LogP contribution is -2.68. The van der Waals surface area contributed by atoms with Gasteiger partial charge in [0, 0.05) is 19.1 Å². The number of rotatable bonds is 2. The predicted molar refractivity (Wildman–Crippen MR) is 61.5 cm³/mol. The van der Waals surface area contributed by atoms with Gasteiger partial charge in [-0.3, -0.25) is 9.69 Å². The largest absolute Gasteiger partial charge is 0.332 e. The lowest BCUT2D eigenvalue weighted by atomic mass is 9.93. The Balaban J connectivity index is 2.98. The fraction of sp³-hybridized carbons (Fsp3) is 0.909. The number of hydrogen-bond acceptors (Lipinski definition) is 3. The van der Waals surface area contributed by atoms with Gasteiger partial charge in [-0.2, -0.15) is 0 Å². The molecular weight excluding hydrogens is 190 g/mol. The van der Waals surface area contributed by atoms with Crippen LogP contribution in [0.4, 0.5) is 0 Å². The van der Waals surface area contributed by atoms with Crippen LogP contribution in [0.25, 0.3) is 0 Å². The molecule has 4 nitrogen and oxygen atoms in total. The number of nitrogens with two attached hydrogens (primary N) is 1. The molecule has 1 fully saturated rings. The van der Waals surface area contributed by atoms with Gasteiger partial charge in [-0.05, 0) is 34.7 Å². The standard InChI is InChI=1S/C11H23N3O/c1-8(2)14-10(15)9(6-12)13(5)7-11(14,3)4/h8-9H,6-7,12H2,1-5H3. The Morgan fingerprint density at radius 3 is 2.47 bits per heavy atom. The highest BCUT2D eigenvalue weighted by Crippen LogP contribution is 2.26. The van der Waals surface area contributed by atoms with Crippen molar-refractivity contribution in [1.82, 2.24) is 9.80 Å². The minimum Gasteiger partial charge on any atom is -0.332 e. The highest BCUT2D eigenvalue weighted by Gasteiger charge is 2.43. The van der Waals surface area contributed by atoms with Crippen LogP contribution in [0.2, 0.25) is 0 Å². The Morgan fingerprint density at radius 1 is 1.53 bits per heavy atom. The molecular formula is C11H23N3O. The first-order chi connectivity index (χ1) is 6.81. The number of piperazine rings is 1. The minimum absolute atomic E-state index is 0.105. The zero-order valence-electron chi connectivity index (χ0n) is 10.4. The summed E-state index contributed by atoms with van der Waals surface area (Å²) >= 11 is 0. The van der Waals surface area contributed by atoms with Gasteiger partial charge in [0.15, 0.2) is 0 Å². The summed E-state index contributed by atoms with van der Waals surface area (Å²) in [5, 5.41) is 0. The number of hydrogen-bond donors (Lipinski definition) is 1. The molecule has 0 aliphatic carbocycles. The van der Waals surface area contributed by atoms with E-state index in [9.17, 15) is 4.79 Å². The van der Waals surface area contributed by atoms with Crippen molar-refractivity contribution in [2.45, 2.75) is 45.3 Å². The van der Waals surface area contributed by atoms with Gasteiger partial charge in [-0.1, -0.05) is 0 Å². The van der Waals surface area contributed by atoms with E-state index >= 15 is 0 Å². The van der Waals surface area contributed by atoms with E-state index in [0.717, 1.165) is 6.54 Å². The molecule has 0 bridgehead atoms. The highest BCUT2D eigenvalue weighted by atomic mass is 16.2. The first-order valence-corrected chi connectivity index (χ1v) is 5.54. The van der Waals surface area contributed by atoms with Crippen molar-refractivity contribution >= 4 is 5.91 Å². The van der Waals surface area contributed by atoms with E-state index in [1.165, 1.54) is 0 Å². The summed E-state index contributed by atoms with van der Waals surface area (Å²) in [6.45, 7) is 9.59. The van der Waals surface area contributed by atoms with E-state index in [1.807, 2.05) is 11.9 Å². The van der Waals surface area contributed by atoms with Gasteiger partial charge in [0.2, 0.25) is 5.91 Å². The Morgan fingerprint density at radius 2 is 2.07 bits per heavy atom. The normalized spacial score (nSPS) is 27.5. The Hall–Kier alpha value is -0.610. The van der Waals surface area contributed by atoms with Crippen LogP contribution in [-0.4, -0.2) is 53.5 Å². The number of carbonyl (C=O) groups is 1. The average molecular weight is 213 g/mol. The van der Waals surface area contributed by atoms with Gasteiger partial charge < -0.3 is 10.6 Å². The second-order valence-corrected chi connectivity index (χ2v) is 5.28. The van der Waals surface area contributed by atoms with E-state index in [4.69, 9.17) is 5.73 Å². The SMILES string of the molecule is CC(C)N1C(=O)C(CN)N(C)CC1(C)C. The molecule has 1 unspecified atom stereocenters. The van der Waals surface area contributed by atoms with Crippen LogP contribution in [0, 0.1) is 0 Å². The number of carbonyl (C=O) groups excluding carboxylic acids is 1. The average Bonchev–Trinajstić information content (AvgIpc) is 2.00. The van der Waals surface area contributed by atoms with Crippen molar-refractivity contribution < 1.29 is 4.79 Å². The van der Waals surface area contributed by atoms with Crippen LogP contribution in [0.5, 0.6) is 0 Å². The molecule has 1 rings (SSSR count). The van der Waals surface area contributed by atoms with Gasteiger partial charge in [0.25, 0.3) is 0 Å². The number of nitrogens with zero attached hydrogens (tertiary/aromatic N) is 2. The van der Waals surface area contributed by atoms with Crippen LogP contribution in [-0.2, 0) is 4.79 Å². The third-order valence-electron chi connectivity index (χ3n) is 3.08. The van der Waals surface area contributed by atoms with E-state index in [1.54, 1.807) is 0 Å². The molecule has 88 valence electrons. The Bertz CT molecular complexity index is 250. The van der Waals surface area contributed by atoms with E-state index in [-0.39, 0.29) is 23.5 Å². The molecule has 1 aliphatic rings. The molecule has 0 spiro atoms. The summed E-state index contributed by atoms with van der Waals surface area (Å²) in [6.07, 6.45) is 0. The van der Waals surface area contributed by atoms with Crippen LogP contribution < -0.4 is 5.73 Å². The second-order valence-electron chi connectivity index (χ2n) is 5.28. The van der Waals surface area contributed by atoms with Gasteiger partial charge in [0.05, 0.1) is 5.54 Å². The lowest BCUT2D eigenvalue weighted by Gasteiger charge is -2.51. The fourth-order valence-electron chi connectivity index (χ4n) is 2.68. The lowest BCUT2D eigenvalue weighted by molar-refractivity contribution is -0.152. The van der Waals surface area contributed by atoms with E-state index < -0.39 is 0 Å². The number of likely N-dealkylation sites (N-methyl/N-ethyl adjacent to an activating group) is 1. The quantitative estimate of drug-likeness (QED) is 0.716. The van der Waals surface area contributed by atoms with Crippen molar-refractivity contribution in [1.29, 1.82) is 0 Å². The molecule has 2 N–H and O–H groups in total. The summed E-state index contributed by atoms with van der Waals surface area (Å²) in [5.41, 5.74) is 5.54. The molecule has 0 radical (unpaired) electrons. The maximum Gasteiger partial charge on any atom is 0.241 e. The zero-order chi connectivity index (χ0) is 11.8. The number of amides is 1. The molecule has 0 aromatic rings. The zero-order valence-corrected chi connectivity index (χ0v) is 10.4. The summed E-state index contributed by atoms with van der Waals surface area (Å²) in [6, 6.07) is 0.0793. The summed E-state index contributed by atoms with van der Waals surface area (Å²) in [7, 11) is 1.97. The molecule has 1 heterocycles. The summed E-state index contributed by atoms with van der Waals surface area (Å²) < 4.78 is 0. The van der Waals surface area contributed by atoms with Crippen LogP contribution >= 0.6 is 0 Å². The first-order valence-electron chi connectivity index (χ1n) is 5.54. The van der Waals surface area contributed by atoms with Gasteiger partial charge in [0.1, 0.15) is 6.04 Å². The third kappa shape index (κ3) is 2.16. The van der Waals surface area contributed by atoms with E-state index in [2.05, 4.69) is 32.6 Å². The molecule has 0 aromatic carbocycles. The van der Waals surface area contributed by atoms with Gasteiger partial charge >= 0.3 is 0 Å². The van der Waals surface area contributed by atoms with Crippen molar-refractivity contribution in [2.24, 2.45) is 5.73 Å². The Kier molecular flexibility index (Phi) is 3.41. The van der Waals surface area contributed by atoms with Crippen molar-refractivity contribution in [2.75, 3.05) is 20.1 Å². The first kappa shape index (κ1) is 12.5. The topological polar surface area (TPSA) is 49.6 Å². The Labute approximate surface area is 92.4 Å². The molecule has 4 heteroatoms. The molecule has 1 aliphatic heterocycles. The molecule has 1 atom stereocenters. The van der Waals surface area contributed by atoms with Crippen molar-refractivity contribution in [3.63, 3.8) is 0 Å². The van der Waals surface area contributed by atoms with Crippen molar-refractivity contribution in [3.8, 4) is 0 Å². The highest BCUT2D eigenvalue weighted by molar-refractivity contribution is 5.84. The fourth-order valence-corrected chi connectivity index (χ4v) is 2.68. The molecule has 15 heavy (non-hydrogen) atoms. The van der Waals surface area contributed by atoms with Crippen LogP contribution in [0.1, 0.15) is 27.7 Å². The van der Waals surface area contributed by atoms with Gasteiger partial charge in [-0.25, -0.2) is 0 Å². The third-order valence-corrected chi connectivity index (χ3v) is 3.08. The monoisotopic (exact) mass is 213 g/mol. The molecule has 1 saturated heterocycles. The summed E-state index contributed by atoms with van der Waals surface area (Å²) in [5.74, 6) is 0.159. The molecule has 0 saturated carbocycles. The van der Waals surface area contributed by atoms with Crippen molar-refractivity contribution in [3.05, 3.63) is 0 Å². The second kappa shape index (κ2) is 4.10. The molecule has 1 amide bonds. The van der Waals surface area contributed by atoms with Crippen LogP contribution in [0.3, 0.4) is 0 Å². The maximum absolute atomic E-state index is 12.2.